The molecule has 0 aromatic carbocycles. The molecule has 0 saturated heterocycles. The van der Waals surface area contributed by atoms with Gasteiger partial charge in [-0.05, 0) is 18.9 Å². The topological polar surface area (TPSA) is 167 Å². The zero-order chi connectivity index (χ0) is 16.3. The third-order valence-corrected chi connectivity index (χ3v) is 2.14. The van der Waals surface area contributed by atoms with E-state index in [-0.39, 0.29) is 12.8 Å². The zero-order valence-corrected chi connectivity index (χ0v) is 11.1. The number of nitrogens with one attached hydrogen (secondary N) is 1. The lowest BCUT2D eigenvalue weighted by molar-refractivity contribution is -0.140. The van der Waals surface area contributed by atoms with E-state index in [0.717, 1.165) is 6.08 Å². The van der Waals surface area contributed by atoms with Crippen LogP contribution in [0.1, 0.15) is 25.0 Å². The number of hydrogen-bond acceptors (Lipinski definition) is 5. The summed E-state index contributed by atoms with van der Waals surface area (Å²) in [6.07, 6.45) is 6.04. The number of aromatic nitrogens is 2. The Hall–Kier alpha value is -2.68. The number of H-pyrrole nitrogens is 1. The van der Waals surface area contributed by atoms with E-state index in [1.807, 2.05) is 0 Å². The van der Waals surface area contributed by atoms with Crippen LogP contribution < -0.4 is 5.73 Å². The van der Waals surface area contributed by atoms with Crippen LogP contribution >= 0.6 is 0 Å². The van der Waals surface area contributed by atoms with Crippen LogP contribution in [0, 0.1) is 0 Å². The number of aromatic amines is 1. The normalized spacial score (nSPS) is 11.5. The Kier molecular flexibility index (Phi) is 8.85. The minimum atomic E-state index is -1.09. The number of nitrogens with two attached hydrogens (primary N) is 1. The van der Waals surface area contributed by atoms with Crippen molar-refractivity contribution in [2.45, 2.75) is 25.3 Å². The van der Waals surface area contributed by atoms with Crippen LogP contribution in [0.4, 0.5) is 0 Å². The Labute approximate surface area is 120 Å². The summed E-state index contributed by atoms with van der Waals surface area (Å²) in [5.41, 5.74) is 5.72. The van der Waals surface area contributed by atoms with E-state index in [1.165, 1.54) is 12.4 Å². The Bertz CT molecular complexity index is 483. The summed E-state index contributed by atoms with van der Waals surface area (Å²) in [7, 11) is 0. The Balaban J connectivity index is 0.000000382. The van der Waals surface area contributed by atoms with Gasteiger partial charge in [-0.15, -0.1) is 0 Å². The minimum absolute atomic E-state index is 0.0268. The molecule has 0 spiro atoms. The fourth-order valence-electron chi connectivity index (χ4n) is 1.12. The highest BCUT2D eigenvalue weighted by molar-refractivity contribution is 5.84. The fourth-order valence-corrected chi connectivity index (χ4v) is 1.12. The quantitative estimate of drug-likeness (QED) is 0.444. The standard InChI is InChI=1S/C6H6N2O2.C6H11NO4/c9-6(10)2-1-5-3-7-4-8-5;7-4(6(10)11)2-1-3-5(8)9/h1-4H,(H,7,8)(H,9,10);4H,1-3,7H2,(H,8,9)(H,10,11). The predicted octanol–water partition coefficient (Wildman–Crippen LogP) is 0.161. The minimum Gasteiger partial charge on any atom is -0.481 e. The van der Waals surface area contributed by atoms with Gasteiger partial charge in [-0.2, -0.15) is 0 Å². The number of carboxylic acid groups (broad SMARTS) is 3. The van der Waals surface area contributed by atoms with Gasteiger partial charge in [-0.25, -0.2) is 9.78 Å². The van der Waals surface area contributed by atoms with Gasteiger partial charge in [-0.3, -0.25) is 9.59 Å². The van der Waals surface area contributed by atoms with Crippen molar-refractivity contribution in [1.82, 2.24) is 9.97 Å². The number of aliphatic carboxylic acids is 3. The molecule has 21 heavy (non-hydrogen) atoms. The van der Waals surface area contributed by atoms with Gasteiger partial charge in [0.05, 0.1) is 12.0 Å². The molecular weight excluding hydrogens is 282 g/mol. The van der Waals surface area contributed by atoms with Crippen molar-refractivity contribution >= 4 is 24.0 Å². The highest BCUT2D eigenvalue weighted by Crippen LogP contribution is 1.98. The van der Waals surface area contributed by atoms with Crippen LogP contribution in [0.5, 0.6) is 0 Å². The molecule has 0 radical (unpaired) electrons. The lowest BCUT2D eigenvalue weighted by atomic mass is 10.1. The first-order valence-corrected chi connectivity index (χ1v) is 5.93. The SMILES string of the molecule is NC(CCCC(=O)O)C(=O)O.O=C(O)C=Cc1c[nH]cn1. The summed E-state index contributed by atoms with van der Waals surface area (Å²) < 4.78 is 0. The summed E-state index contributed by atoms with van der Waals surface area (Å²) in [6, 6.07) is -0.936. The van der Waals surface area contributed by atoms with Gasteiger partial charge in [0.1, 0.15) is 6.04 Å². The van der Waals surface area contributed by atoms with Crippen LogP contribution in [-0.4, -0.2) is 49.2 Å². The van der Waals surface area contributed by atoms with Gasteiger partial charge in [0.2, 0.25) is 0 Å². The molecule has 0 bridgehead atoms. The molecule has 1 heterocycles. The van der Waals surface area contributed by atoms with E-state index in [4.69, 9.17) is 21.1 Å². The monoisotopic (exact) mass is 299 g/mol. The molecule has 9 heteroatoms. The van der Waals surface area contributed by atoms with Crippen molar-refractivity contribution in [3.63, 3.8) is 0 Å². The summed E-state index contributed by atoms with van der Waals surface area (Å²) in [5.74, 6) is -2.99. The number of nitrogens with zero attached hydrogens (tertiary/aromatic N) is 1. The van der Waals surface area contributed by atoms with Crippen LogP contribution in [0.3, 0.4) is 0 Å². The van der Waals surface area contributed by atoms with Crippen molar-refractivity contribution < 1.29 is 29.7 Å². The molecular formula is C12H17N3O6. The van der Waals surface area contributed by atoms with E-state index in [9.17, 15) is 14.4 Å². The lowest BCUT2D eigenvalue weighted by Crippen LogP contribution is -2.29. The number of rotatable bonds is 7. The van der Waals surface area contributed by atoms with Gasteiger partial charge in [0.25, 0.3) is 0 Å². The third kappa shape index (κ3) is 10.9. The predicted molar refractivity (Wildman–Crippen MR) is 72.4 cm³/mol. The first-order valence-electron chi connectivity index (χ1n) is 5.93. The number of carboxylic acids is 3. The van der Waals surface area contributed by atoms with Crippen molar-refractivity contribution in [1.29, 1.82) is 0 Å². The van der Waals surface area contributed by atoms with Crippen molar-refractivity contribution in [2.75, 3.05) is 0 Å². The first-order chi connectivity index (χ1) is 9.82. The maximum atomic E-state index is 10.1. The molecule has 0 aliphatic carbocycles. The van der Waals surface area contributed by atoms with Crippen molar-refractivity contribution in [3.05, 3.63) is 24.3 Å². The zero-order valence-electron chi connectivity index (χ0n) is 11.1. The van der Waals surface area contributed by atoms with E-state index in [1.54, 1.807) is 6.20 Å². The third-order valence-electron chi connectivity index (χ3n) is 2.14. The molecule has 1 unspecified atom stereocenters. The molecule has 6 N–H and O–H groups in total. The largest absolute Gasteiger partial charge is 0.481 e. The molecule has 1 aromatic heterocycles. The number of carbonyl (C=O) groups is 3. The fraction of sp³-hybridized carbons (Fsp3) is 0.333. The van der Waals surface area contributed by atoms with Gasteiger partial charge >= 0.3 is 17.9 Å². The summed E-state index contributed by atoms with van der Waals surface area (Å²) >= 11 is 0. The van der Waals surface area contributed by atoms with Crippen LogP contribution in [0.25, 0.3) is 6.08 Å². The second-order valence-corrected chi connectivity index (χ2v) is 3.90. The van der Waals surface area contributed by atoms with E-state index >= 15 is 0 Å². The average molecular weight is 299 g/mol. The average Bonchev–Trinajstić information content (AvgIpc) is 2.89. The van der Waals surface area contributed by atoms with Crippen LogP contribution in [-0.2, 0) is 14.4 Å². The second kappa shape index (κ2) is 10.1. The number of hydrogen-bond donors (Lipinski definition) is 5. The number of imidazole rings is 1. The summed E-state index contributed by atoms with van der Waals surface area (Å²) in [6.45, 7) is 0. The van der Waals surface area contributed by atoms with Crippen molar-refractivity contribution in [2.24, 2.45) is 5.73 Å². The first kappa shape index (κ1) is 18.3. The molecule has 1 rings (SSSR count). The molecule has 1 aromatic rings. The van der Waals surface area contributed by atoms with Gasteiger partial charge < -0.3 is 26.0 Å². The van der Waals surface area contributed by atoms with Crippen LogP contribution in [0.2, 0.25) is 0 Å². The second-order valence-electron chi connectivity index (χ2n) is 3.90. The van der Waals surface area contributed by atoms with Crippen molar-refractivity contribution in [3.8, 4) is 0 Å². The summed E-state index contributed by atoms with van der Waals surface area (Å²) in [4.78, 5) is 36.5. The maximum absolute atomic E-state index is 10.1. The Morgan fingerprint density at radius 3 is 2.43 bits per heavy atom. The van der Waals surface area contributed by atoms with E-state index in [0.29, 0.717) is 12.1 Å². The molecule has 116 valence electrons. The molecule has 0 aliphatic heterocycles. The highest BCUT2D eigenvalue weighted by Gasteiger charge is 2.10. The summed E-state index contributed by atoms with van der Waals surface area (Å²) in [5, 5.41) is 24.6. The Morgan fingerprint density at radius 2 is 2.00 bits per heavy atom. The molecule has 0 saturated carbocycles. The molecule has 1 atom stereocenters. The molecule has 0 amide bonds. The van der Waals surface area contributed by atoms with E-state index in [2.05, 4.69) is 9.97 Å². The lowest BCUT2D eigenvalue weighted by Gasteiger charge is -2.02. The smallest absolute Gasteiger partial charge is 0.328 e. The van der Waals surface area contributed by atoms with Crippen LogP contribution in [0.15, 0.2) is 18.6 Å². The Morgan fingerprint density at radius 1 is 1.33 bits per heavy atom. The molecule has 9 nitrogen and oxygen atoms in total. The molecule has 0 fully saturated rings. The van der Waals surface area contributed by atoms with Gasteiger partial charge in [0.15, 0.2) is 0 Å². The maximum Gasteiger partial charge on any atom is 0.328 e. The highest BCUT2D eigenvalue weighted by atomic mass is 16.4. The molecule has 0 aliphatic rings. The van der Waals surface area contributed by atoms with Gasteiger partial charge in [0, 0.05) is 18.7 Å². The van der Waals surface area contributed by atoms with E-state index < -0.39 is 23.9 Å². The van der Waals surface area contributed by atoms with Gasteiger partial charge in [-0.1, -0.05) is 0 Å².